The van der Waals surface area contributed by atoms with E-state index in [9.17, 15) is 0 Å². The number of benzene rings is 3. The van der Waals surface area contributed by atoms with Gasteiger partial charge in [0.15, 0.2) is 0 Å². The number of methoxy groups -OCH3 is 1. The zero-order chi connectivity index (χ0) is 58.5. The van der Waals surface area contributed by atoms with E-state index in [-0.39, 0.29) is 0 Å². The fraction of sp³-hybridized carbons (Fsp3) is 0.690. The fourth-order valence-corrected chi connectivity index (χ4v) is 6.23. The molecule has 24 nitrogen and oxygen atoms in total. The van der Waals surface area contributed by atoms with E-state index in [4.69, 9.17) is 117 Å². The van der Waals surface area contributed by atoms with Gasteiger partial charge in [-0.25, -0.2) is 0 Å². The lowest BCUT2D eigenvalue weighted by Crippen LogP contribution is -2.15. The van der Waals surface area contributed by atoms with Crippen molar-refractivity contribution in [2.75, 3.05) is 275 Å². The molecule has 6 N–H and O–H groups in total. The predicted octanol–water partition coefficient (Wildman–Crippen LogP) is 4.19. The SMILES string of the molecule is COCCOCCOCCOCCOCCOCCOCCOc1cc(N)cc(N)c1.Cc1ccc(OCCOCCOCCOCCOCCOCCOCCOCCOCCOCCOCCOCCOc2ccc(N)cc2)cc1. The Morgan fingerprint density at radius 2 is 0.415 bits per heavy atom. The molecule has 3 aromatic carbocycles. The Morgan fingerprint density at radius 3 is 0.646 bits per heavy atom. The summed E-state index contributed by atoms with van der Waals surface area (Å²) < 4.78 is 114. The Morgan fingerprint density at radius 1 is 0.220 bits per heavy atom. The molecule has 82 heavy (non-hydrogen) atoms. The molecular weight excluding hydrogens is 1070 g/mol. The number of nitrogens with two attached hydrogens (primary N) is 3. The second-order valence-corrected chi connectivity index (χ2v) is 17.2. The van der Waals surface area contributed by atoms with Crippen LogP contribution in [0.4, 0.5) is 17.1 Å². The molecule has 472 valence electrons. The maximum Gasteiger partial charge on any atom is 0.123 e. The van der Waals surface area contributed by atoms with Crippen LogP contribution in [0.15, 0.2) is 66.7 Å². The summed E-state index contributed by atoms with van der Waals surface area (Å²) in [7, 11) is 1.64. The van der Waals surface area contributed by atoms with Crippen molar-refractivity contribution in [2.45, 2.75) is 6.92 Å². The first-order chi connectivity index (χ1) is 40.5. The van der Waals surface area contributed by atoms with Crippen LogP contribution in [0.25, 0.3) is 0 Å². The van der Waals surface area contributed by atoms with Crippen LogP contribution in [0.3, 0.4) is 0 Å². The molecule has 0 aliphatic carbocycles. The summed E-state index contributed by atoms with van der Waals surface area (Å²) in [4.78, 5) is 0. The minimum atomic E-state index is 0.416. The number of hydrogen-bond acceptors (Lipinski definition) is 24. The monoisotopic (exact) mass is 1170 g/mol. The lowest BCUT2D eigenvalue weighted by atomic mass is 10.2. The van der Waals surface area contributed by atoms with Gasteiger partial charge in [-0.1, -0.05) is 17.7 Å². The van der Waals surface area contributed by atoms with Gasteiger partial charge in [-0.2, -0.15) is 0 Å². The van der Waals surface area contributed by atoms with Crippen molar-refractivity contribution in [1.29, 1.82) is 0 Å². The number of nitrogen functional groups attached to an aromatic ring is 3. The van der Waals surface area contributed by atoms with Crippen LogP contribution < -0.4 is 31.4 Å². The second kappa shape index (κ2) is 58.5. The molecule has 0 saturated carbocycles. The molecule has 24 heteroatoms. The lowest BCUT2D eigenvalue weighted by molar-refractivity contribution is -0.0279. The highest BCUT2D eigenvalue weighted by molar-refractivity contribution is 5.56. The van der Waals surface area contributed by atoms with Crippen LogP contribution in [0.2, 0.25) is 0 Å². The first kappa shape index (κ1) is 73.8. The number of anilines is 3. The molecule has 0 heterocycles. The van der Waals surface area contributed by atoms with Gasteiger partial charge in [0.05, 0.1) is 231 Å². The quantitative estimate of drug-likeness (QED) is 0.0528. The highest BCUT2D eigenvalue weighted by Crippen LogP contribution is 2.20. The predicted molar refractivity (Wildman–Crippen MR) is 310 cm³/mol. The first-order valence-corrected chi connectivity index (χ1v) is 28.2. The van der Waals surface area contributed by atoms with Crippen LogP contribution >= 0.6 is 0 Å². The second-order valence-electron chi connectivity index (χ2n) is 17.2. The van der Waals surface area contributed by atoms with Gasteiger partial charge in [0.2, 0.25) is 0 Å². The van der Waals surface area contributed by atoms with E-state index >= 15 is 0 Å². The van der Waals surface area contributed by atoms with Crippen molar-refractivity contribution in [2.24, 2.45) is 0 Å². The van der Waals surface area contributed by atoms with Gasteiger partial charge in [0.25, 0.3) is 0 Å². The zero-order valence-corrected chi connectivity index (χ0v) is 49.0. The fourth-order valence-electron chi connectivity index (χ4n) is 6.23. The topological polar surface area (TPSA) is 272 Å². The van der Waals surface area contributed by atoms with Crippen LogP contribution in [-0.2, 0) is 85.3 Å². The third-order valence-corrected chi connectivity index (χ3v) is 10.4. The minimum absolute atomic E-state index is 0.416. The van der Waals surface area contributed by atoms with Crippen LogP contribution in [0, 0.1) is 6.92 Å². The number of rotatable bonds is 60. The van der Waals surface area contributed by atoms with E-state index in [2.05, 4.69) is 0 Å². The number of hydrogen-bond donors (Lipinski definition) is 3. The van der Waals surface area contributed by atoms with Crippen molar-refractivity contribution < 1.29 is 99.5 Å². The van der Waals surface area contributed by atoms with Crippen molar-refractivity contribution in [3.05, 3.63) is 72.3 Å². The van der Waals surface area contributed by atoms with Gasteiger partial charge in [0, 0.05) is 36.3 Å². The Hall–Kier alpha value is -4.26. The normalized spacial score (nSPS) is 11.2. The molecule has 0 fully saturated rings. The number of ether oxygens (including phenoxy) is 21. The summed E-state index contributed by atoms with van der Waals surface area (Å²) in [6.45, 7) is 21.5. The largest absolute Gasteiger partial charge is 0.491 e. The third kappa shape index (κ3) is 51.4. The molecule has 3 aromatic rings. The summed E-state index contributed by atoms with van der Waals surface area (Å²) in [6.07, 6.45) is 0. The van der Waals surface area contributed by atoms with E-state index in [0.29, 0.717) is 274 Å². The molecule has 0 unspecified atom stereocenters. The summed E-state index contributed by atoms with van der Waals surface area (Å²) in [5, 5.41) is 0. The van der Waals surface area contributed by atoms with Gasteiger partial charge in [-0.05, 0) is 49.4 Å². The van der Waals surface area contributed by atoms with Gasteiger partial charge >= 0.3 is 0 Å². The van der Waals surface area contributed by atoms with Crippen molar-refractivity contribution in [3.8, 4) is 17.2 Å². The molecule has 0 atom stereocenters. The van der Waals surface area contributed by atoms with Crippen molar-refractivity contribution in [3.63, 3.8) is 0 Å². The Labute approximate surface area is 487 Å². The van der Waals surface area contributed by atoms with E-state index in [0.717, 1.165) is 11.5 Å². The first-order valence-electron chi connectivity index (χ1n) is 28.2. The Bertz CT molecular complexity index is 1680. The van der Waals surface area contributed by atoms with Gasteiger partial charge in [-0.15, -0.1) is 0 Å². The van der Waals surface area contributed by atoms with Crippen molar-refractivity contribution in [1.82, 2.24) is 0 Å². The summed E-state index contributed by atoms with van der Waals surface area (Å²) >= 11 is 0. The average molecular weight is 1170 g/mol. The lowest BCUT2D eigenvalue weighted by Gasteiger charge is -2.09. The molecule has 0 aromatic heterocycles. The standard InChI is InChI=1S/C37H61NO13.C21H38N2O8/c1-34-2-6-36(7-3-34)50-32-30-48-28-26-46-24-22-44-20-18-42-16-14-40-12-10-39-11-13-41-15-17-43-19-21-45-23-25-47-27-29-49-31-33-51-37-8-4-35(38)5-9-37;1-24-2-3-25-4-5-26-6-7-27-8-9-28-10-11-29-12-13-30-14-15-31-21-17-19(22)16-20(23)18-21/h2-9H,10-33,38H2,1H3;16-18H,2-15,22-23H2,1H3. The molecule has 0 spiro atoms. The molecule has 3 rings (SSSR count). The maximum atomic E-state index is 5.70. The van der Waals surface area contributed by atoms with E-state index < -0.39 is 0 Å². The van der Waals surface area contributed by atoms with Crippen LogP contribution in [0.5, 0.6) is 17.2 Å². The maximum absolute atomic E-state index is 5.70. The molecule has 0 amide bonds. The van der Waals surface area contributed by atoms with Crippen LogP contribution in [-0.4, -0.2) is 258 Å². The summed E-state index contributed by atoms with van der Waals surface area (Å²) in [6, 6.07) is 20.3. The summed E-state index contributed by atoms with van der Waals surface area (Å²) in [5.41, 5.74) is 20.1. The van der Waals surface area contributed by atoms with E-state index in [1.165, 1.54) is 5.56 Å². The van der Waals surface area contributed by atoms with Crippen molar-refractivity contribution >= 4 is 17.1 Å². The molecular formula is C58H99N3O21. The smallest absolute Gasteiger partial charge is 0.123 e. The molecule has 0 saturated heterocycles. The van der Waals surface area contributed by atoms with E-state index in [1.54, 1.807) is 37.4 Å². The highest BCUT2D eigenvalue weighted by Gasteiger charge is 2.02. The average Bonchev–Trinajstić information content (AvgIpc) is 3.47. The molecule has 0 bridgehead atoms. The third-order valence-electron chi connectivity index (χ3n) is 10.4. The minimum Gasteiger partial charge on any atom is -0.491 e. The van der Waals surface area contributed by atoms with Gasteiger partial charge < -0.3 is 117 Å². The molecule has 0 aliphatic rings. The molecule has 0 radical (unpaired) electrons. The Kier molecular flexibility index (Phi) is 52.7. The van der Waals surface area contributed by atoms with Gasteiger partial charge in [0.1, 0.15) is 37.1 Å². The molecule has 0 aliphatic heterocycles. The Balaban J connectivity index is 0.000000632. The van der Waals surface area contributed by atoms with E-state index in [1.807, 2.05) is 43.3 Å². The zero-order valence-electron chi connectivity index (χ0n) is 49.0. The number of aryl methyl sites for hydroxylation is 1. The summed E-state index contributed by atoms with van der Waals surface area (Å²) in [5.74, 6) is 2.25. The van der Waals surface area contributed by atoms with Crippen LogP contribution in [0.1, 0.15) is 5.56 Å². The van der Waals surface area contributed by atoms with Gasteiger partial charge in [-0.3, -0.25) is 0 Å². The highest BCUT2D eigenvalue weighted by atomic mass is 16.6.